The van der Waals surface area contributed by atoms with Gasteiger partial charge in [-0.15, -0.1) is 0 Å². The minimum absolute atomic E-state index is 0.0274. The van der Waals surface area contributed by atoms with Crippen LogP contribution in [0.15, 0.2) is 47.6 Å². The van der Waals surface area contributed by atoms with Crippen LogP contribution in [0, 0.1) is 5.82 Å². The highest BCUT2D eigenvalue weighted by molar-refractivity contribution is 6.33. The van der Waals surface area contributed by atoms with Gasteiger partial charge in [-0.1, -0.05) is 29.8 Å². The number of carboxylic acid groups (broad SMARTS) is 1. The van der Waals surface area contributed by atoms with E-state index in [-0.39, 0.29) is 16.4 Å². The molecule has 0 saturated carbocycles. The Balaban J connectivity index is 2.23. The molecule has 0 aliphatic rings. The summed E-state index contributed by atoms with van der Waals surface area (Å²) < 4.78 is 13.6. The third-order valence-corrected chi connectivity index (χ3v) is 3.14. The fourth-order valence-electron chi connectivity index (χ4n) is 1.72. The summed E-state index contributed by atoms with van der Waals surface area (Å²) in [6.07, 6.45) is 0. The summed E-state index contributed by atoms with van der Waals surface area (Å²) >= 11 is 5.78. The molecule has 0 aliphatic carbocycles. The van der Waals surface area contributed by atoms with Crippen LogP contribution in [0.5, 0.6) is 0 Å². The first-order valence-corrected chi connectivity index (χ1v) is 6.45. The van der Waals surface area contributed by atoms with Crippen LogP contribution in [-0.2, 0) is 0 Å². The molecule has 0 saturated heterocycles. The average molecular weight is 307 g/mol. The lowest BCUT2D eigenvalue weighted by molar-refractivity contribution is 0.0697. The van der Waals surface area contributed by atoms with Crippen LogP contribution in [0.4, 0.5) is 10.1 Å². The van der Waals surface area contributed by atoms with Crippen LogP contribution < -0.4 is 5.43 Å². The van der Waals surface area contributed by atoms with E-state index in [0.717, 1.165) is 0 Å². The Morgan fingerprint density at radius 1 is 1.24 bits per heavy atom. The second-order valence-corrected chi connectivity index (χ2v) is 4.70. The summed E-state index contributed by atoms with van der Waals surface area (Å²) in [6, 6.07) is 10.7. The van der Waals surface area contributed by atoms with Gasteiger partial charge >= 0.3 is 5.97 Å². The van der Waals surface area contributed by atoms with Crippen LogP contribution in [0.1, 0.15) is 22.8 Å². The number of halogens is 2. The van der Waals surface area contributed by atoms with E-state index in [0.29, 0.717) is 17.0 Å². The Labute approximate surface area is 125 Å². The largest absolute Gasteiger partial charge is 0.478 e. The predicted molar refractivity (Wildman–Crippen MR) is 80.6 cm³/mol. The molecular weight excluding hydrogens is 295 g/mol. The molecule has 0 amide bonds. The van der Waals surface area contributed by atoms with E-state index in [1.54, 1.807) is 31.2 Å². The van der Waals surface area contributed by atoms with Gasteiger partial charge in [0.1, 0.15) is 5.82 Å². The summed E-state index contributed by atoms with van der Waals surface area (Å²) in [4.78, 5) is 11.0. The van der Waals surface area contributed by atoms with Crippen LogP contribution in [0.3, 0.4) is 0 Å². The lowest BCUT2D eigenvalue weighted by atomic mass is 10.1. The van der Waals surface area contributed by atoms with Crippen molar-refractivity contribution >= 4 is 29.0 Å². The molecular formula is C15H12ClFN2O2. The van der Waals surface area contributed by atoms with Gasteiger partial charge < -0.3 is 5.11 Å². The standard InChI is InChI=1S/C15H12ClFN2O2/c1-9(11-4-2-3-5-14(11)17)18-19-10-6-7-13(16)12(8-10)15(20)21/h2-8,19H,1H3,(H,20,21)/b18-9+. The fraction of sp³-hybridized carbons (Fsp3) is 0.0667. The zero-order valence-electron chi connectivity index (χ0n) is 11.1. The Kier molecular flexibility index (Phi) is 4.55. The molecule has 2 N–H and O–H groups in total. The molecule has 2 aromatic rings. The first kappa shape index (κ1) is 15.0. The summed E-state index contributed by atoms with van der Waals surface area (Å²) in [5.74, 6) is -1.50. The molecule has 0 atom stereocenters. The molecule has 0 heterocycles. The van der Waals surface area contributed by atoms with Gasteiger partial charge in [-0.05, 0) is 31.2 Å². The van der Waals surface area contributed by atoms with Crippen molar-refractivity contribution in [3.05, 3.63) is 64.4 Å². The molecule has 21 heavy (non-hydrogen) atoms. The van der Waals surface area contributed by atoms with Gasteiger partial charge in [-0.3, -0.25) is 5.43 Å². The van der Waals surface area contributed by atoms with Gasteiger partial charge in [0.15, 0.2) is 0 Å². The minimum Gasteiger partial charge on any atom is -0.478 e. The SMILES string of the molecule is C/C(=N\Nc1ccc(Cl)c(C(=O)O)c1)c1ccccc1F. The van der Waals surface area contributed by atoms with Crippen LogP contribution in [-0.4, -0.2) is 16.8 Å². The highest BCUT2D eigenvalue weighted by Gasteiger charge is 2.09. The number of carboxylic acids is 1. The highest BCUT2D eigenvalue weighted by Crippen LogP contribution is 2.20. The Bertz CT molecular complexity index is 717. The molecule has 2 rings (SSSR count). The molecule has 0 aromatic heterocycles. The molecule has 108 valence electrons. The van der Waals surface area contributed by atoms with Gasteiger partial charge in [0.2, 0.25) is 0 Å². The summed E-state index contributed by atoms with van der Waals surface area (Å²) in [7, 11) is 0. The lowest BCUT2D eigenvalue weighted by Gasteiger charge is -2.06. The van der Waals surface area contributed by atoms with Crippen molar-refractivity contribution in [1.29, 1.82) is 0 Å². The Morgan fingerprint density at radius 3 is 2.62 bits per heavy atom. The zero-order chi connectivity index (χ0) is 15.4. The van der Waals surface area contributed by atoms with Crippen molar-refractivity contribution in [3.8, 4) is 0 Å². The second-order valence-electron chi connectivity index (χ2n) is 4.29. The molecule has 0 unspecified atom stereocenters. The maximum atomic E-state index is 13.6. The number of aromatic carboxylic acids is 1. The molecule has 0 fully saturated rings. The number of carbonyl (C=O) groups is 1. The van der Waals surface area contributed by atoms with E-state index in [1.165, 1.54) is 18.2 Å². The van der Waals surface area contributed by atoms with Gasteiger partial charge in [0, 0.05) is 5.56 Å². The van der Waals surface area contributed by atoms with Crippen molar-refractivity contribution in [1.82, 2.24) is 0 Å². The van der Waals surface area contributed by atoms with Crippen LogP contribution in [0.2, 0.25) is 5.02 Å². The third kappa shape index (κ3) is 3.58. The van der Waals surface area contributed by atoms with E-state index >= 15 is 0 Å². The number of nitrogens with zero attached hydrogens (tertiary/aromatic N) is 1. The number of nitrogens with one attached hydrogen (secondary N) is 1. The second kappa shape index (κ2) is 6.37. The van der Waals surface area contributed by atoms with Crippen molar-refractivity contribution in [2.24, 2.45) is 5.10 Å². The van der Waals surface area contributed by atoms with E-state index < -0.39 is 5.97 Å². The quantitative estimate of drug-likeness (QED) is 0.662. The maximum absolute atomic E-state index is 13.6. The molecule has 4 nitrogen and oxygen atoms in total. The fourth-order valence-corrected chi connectivity index (χ4v) is 1.92. The number of anilines is 1. The highest BCUT2D eigenvalue weighted by atomic mass is 35.5. The molecule has 0 radical (unpaired) electrons. The molecule has 6 heteroatoms. The van der Waals surface area contributed by atoms with Crippen molar-refractivity contribution in [2.45, 2.75) is 6.92 Å². The molecule has 2 aromatic carbocycles. The van der Waals surface area contributed by atoms with Gasteiger partial charge in [0.25, 0.3) is 0 Å². The first-order chi connectivity index (χ1) is 9.99. The average Bonchev–Trinajstić information content (AvgIpc) is 2.46. The number of rotatable bonds is 4. The molecule has 0 bridgehead atoms. The molecule has 0 aliphatic heterocycles. The Morgan fingerprint density at radius 2 is 1.95 bits per heavy atom. The number of benzene rings is 2. The van der Waals surface area contributed by atoms with Crippen LogP contribution >= 0.6 is 11.6 Å². The smallest absolute Gasteiger partial charge is 0.337 e. The molecule has 0 spiro atoms. The summed E-state index contributed by atoms with van der Waals surface area (Å²) in [5, 5.41) is 13.2. The zero-order valence-corrected chi connectivity index (χ0v) is 11.9. The van der Waals surface area contributed by atoms with E-state index in [2.05, 4.69) is 10.5 Å². The minimum atomic E-state index is -1.13. The van der Waals surface area contributed by atoms with Crippen molar-refractivity contribution < 1.29 is 14.3 Å². The first-order valence-electron chi connectivity index (χ1n) is 6.07. The van der Waals surface area contributed by atoms with E-state index in [4.69, 9.17) is 16.7 Å². The van der Waals surface area contributed by atoms with Crippen molar-refractivity contribution in [2.75, 3.05) is 5.43 Å². The predicted octanol–water partition coefficient (Wildman–Crippen LogP) is 4.01. The summed E-state index contributed by atoms with van der Waals surface area (Å²) in [6.45, 7) is 1.65. The van der Waals surface area contributed by atoms with Gasteiger partial charge in [-0.25, -0.2) is 9.18 Å². The summed E-state index contributed by atoms with van der Waals surface area (Å²) in [5.41, 5.74) is 3.93. The van der Waals surface area contributed by atoms with E-state index in [9.17, 15) is 9.18 Å². The monoisotopic (exact) mass is 306 g/mol. The number of hydrogen-bond acceptors (Lipinski definition) is 3. The van der Waals surface area contributed by atoms with Crippen LogP contribution in [0.25, 0.3) is 0 Å². The van der Waals surface area contributed by atoms with Gasteiger partial charge in [0.05, 0.1) is 22.0 Å². The number of hydrogen-bond donors (Lipinski definition) is 2. The maximum Gasteiger partial charge on any atom is 0.337 e. The third-order valence-electron chi connectivity index (χ3n) is 2.81. The topological polar surface area (TPSA) is 61.7 Å². The van der Waals surface area contributed by atoms with Crippen molar-refractivity contribution in [3.63, 3.8) is 0 Å². The normalized spacial score (nSPS) is 11.3. The van der Waals surface area contributed by atoms with Gasteiger partial charge in [-0.2, -0.15) is 5.10 Å². The number of hydrazone groups is 1. The van der Waals surface area contributed by atoms with E-state index in [1.807, 2.05) is 0 Å². The lowest BCUT2D eigenvalue weighted by Crippen LogP contribution is -2.03. The Hall–Kier alpha value is -2.40.